The first-order valence-corrected chi connectivity index (χ1v) is 11.8. The van der Waals surface area contributed by atoms with E-state index in [1.165, 1.54) is 28.5 Å². The average molecular weight is 502 g/mol. The number of halogens is 1. The van der Waals surface area contributed by atoms with Crippen LogP contribution in [0.4, 0.5) is 10.2 Å². The number of anilines is 1. The summed E-state index contributed by atoms with van der Waals surface area (Å²) in [4.78, 5) is 26.4. The molecule has 6 rings (SSSR count). The van der Waals surface area contributed by atoms with Crippen molar-refractivity contribution in [2.45, 2.75) is 31.3 Å². The van der Waals surface area contributed by atoms with Crippen molar-refractivity contribution in [3.05, 3.63) is 86.9 Å². The third kappa shape index (κ3) is 3.44. The van der Waals surface area contributed by atoms with E-state index in [4.69, 9.17) is 10.5 Å². The van der Waals surface area contributed by atoms with Gasteiger partial charge >= 0.3 is 0 Å². The van der Waals surface area contributed by atoms with Crippen molar-refractivity contribution >= 4 is 27.5 Å². The van der Waals surface area contributed by atoms with Crippen molar-refractivity contribution in [3.63, 3.8) is 0 Å². The van der Waals surface area contributed by atoms with Gasteiger partial charge in [0.15, 0.2) is 11.6 Å². The Morgan fingerprint density at radius 2 is 1.84 bits per heavy atom. The molecule has 0 saturated heterocycles. The summed E-state index contributed by atoms with van der Waals surface area (Å²) in [5.41, 5.74) is 5.80. The number of fused-ring (bicyclic) bond motifs is 2. The van der Waals surface area contributed by atoms with E-state index in [1.807, 2.05) is 6.07 Å². The fourth-order valence-electron chi connectivity index (χ4n) is 5.43. The lowest BCUT2D eigenvalue weighted by Gasteiger charge is -2.40. The summed E-state index contributed by atoms with van der Waals surface area (Å²) in [6.07, 6.45) is 4.09. The van der Waals surface area contributed by atoms with Crippen LogP contribution in [-0.4, -0.2) is 37.1 Å². The number of hydrogen-bond acceptors (Lipinski definition) is 6. The predicted octanol–water partition coefficient (Wildman–Crippen LogP) is 3.38. The highest BCUT2D eigenvalue weighted by Crippen LogP contribution is 2.47. The number of pyridine rings is 1. The Morgan fingerprint density at radius 1 is 1.11 bits per heavy atom. The smallest absolute Gasteiger partial charge is 0.274 e. The Bertz CT molecular complexity index is 1810. The van der Waals surface area contributed by atoms with Gasteiger partial charge in [-0.1, -0.05) is 18.2 Å². The van der Waals surface area contributed by atoms with Crippen LogP contribution in [0.5, 0.6) is 5.75 Å². The maximum atomic E-state index is 16.3. The summed E-state index contributed by atoms with van der Waals surface area (Å²) >= 11 is 0. The quantitative estimate of drug-likeness (QED) is 0.346. The number of benzene rings is 2. The molecule has 0 bridgehead atoms. The van der Waals surface area contributed by atoms with Crippen LogP contribution < -0.4 is 21.6 Å². The van der Waals surface area contributed by atoms with E-state index in [0.717, 1.165) is 0 Å². The van der Waals surface area contributed by atoms with E-state index in [9.17, 15) is 14.7 Å². The molecule has 188 valence electrons. The molecular weight excluding hydrogens is 477 g/mol. The van der Waals surface area contributed by atoms with Gasteiger partial charge in [0, 0.05) is 17.3 Å². The lowest BCUT2D eigenvalue weighted by atomic mass is 9.69. The van der Waals surface area contributed by atoms with Crippen molar-refractivity contribution in [3.8, 4) is 17.1 Å². The third-order valence-corrected chi connectivity index (χ3v) is 7.17. The number of hydrogen-bond donors (Lipinski definition) is 3. The number of methoxy groups -OCH3 is 1. The zero-order valence-electron chi connectivity index (χ0n) is 20.2. The largest absolute Gasteiger partial charge is 0.495 e. The Hall–Kier alpha value is -4.44. The first kappa shape index (κ1) is 23.0. The minimum Gasteiger partial charge on any atom is -0.495 e. The number of nitrogen functional groups attached to an aromatic ring is 1. The second kappa shape index (κ2) is 8.04. The molecule has 0 radical (unpaired) electrons. The Labute approximate surface area is 209 Å². The molecule has 37 heavy (non-hydrogen) atoms. The van der Waals surface area contributed by atoms with Crippen molar-refractivity contribution in [1.29, 1.82) is 0 Å². The molecule has 1 aliphatic rings. The van der Waals surface area contributed by atoms with Gasteiger partial charge in [0.1, 0.15) is 11.3 Å². The summed E-state index contributed by atoms with van der Waals surface area (Å²) in [5, 5.41) is 17.0. The third-order valence-electron chi connectivity index (χ3n) is 7.17. The van der Waals surface area contributed by atoms with Crippen molar-refractivity contribution in [1.82, 2.24) is 19.3 Å². The molecular formula is C27H24FN5O4. The zero-order valence-corrected chi connectivity index (χ0v) is 20.2. The zero-order chi connectivity index (χ0) is 26.1. The number of rotatable bonds is 4. The van der Waals surface area contributed by atoms with Crippen LogP contribution in [0.2, 0.25) is 0 Å². The number of aliphatic hydroxyl groups is 1. The molecule has 0 amide bonds. The van der Waals surface area contributed by atoms with Crippen LogP contribution in [0.25, 0.3) is 33.1 Å². The molecule has 5 aromatic rings. The number of aromatic nitrogens is 4. The minimum absolute atomic E-state index is 0.0127. The molecule has 0 aliphatic heterocycles. The summed E-state index contributed by atoms with van der Waals surface area (Å²) in [6, 6.07) is 12.0. The Kier molecular flexibility index (Phi) is 4.99. The first-order valence-electron chi connectivity index (χ1n) is 11.8. The van der Waals surface area contributed by atoms with Crippen LogP contribution >= 0.6 is 0 Å². The standard InChI is InChI=1S/C27H24FN5O4/c1-27(36)10-14(11-27)17-12-33(23-21(17)25(34)31-30-24(23)29)18-9-8-16-19(37-2)13-32(15-6-4-3-5-7-15)26(35)20(16)22(18)28/h3-9,12-14,36H,10-11H2,1-2H3,(H2,29,30)(H,31,34). The summed E-state index contributed by atoms with van der Waals surface area (Å²) in [6.45, 7) is 1.73. The number of nitrogens with one attached hydrogen (secondary N) is 1. The molecule has 4 N–H and O–H groups in total. The van der Waals surface area contributed by atoms with Crippen molar-refractivity contribution < 1.29 is 14.2 Å². The molecule has 9 nitrogen and oxygen atoms in total. The monoisotopic (exact) mass is 501 g/mol. The van der Waals surface area contributed by atoms with Crippen LogP contribution in [0.1, 0.15) is 31.2 Å². The highest BCUT2D eigenvalue weighted by molar-refractivity contribution is 5.94. The number of ether oxygens (including phenoxy) is 1. The molecule has 3 aromatic heterocycles. The number of H-pyrrole nitrogens is 1. The topological polar surface area (TPSA) is 128 Å². The fourth-order valence-corrected chi connectivity index (χ4v) is 5.43. The summed E-state index contributed by atoms with van der Waals surface area (Å²) in [5.74, 6) is -0.551. The second-order valence-corrected chi connectivity index (χ2v) is 9.75. The second-order valence-electron chi connectivity index (χ2n) is 9.75. The average Bonchev–Trinajstić information content (AvgIpc) is 3.27. The molecule has 10 heteroatoms. The van der Waals surface area contributed by atoms with Gasteiger partial charge in [0.2, 0.25) is 0 Å². The van der Waals surface area contributed by atoms with Gasteiger partial charge < -0.3 is 20.1 Å². The van der Waals surface area contributed by atoms with E-state index in [2.05, 4.69) is 10.2 Å². The maximum Gasteiger partial charge on any atom is 0.274 e. The molecule has 0 atom stereocenters. The van der Waals surface area contributed by atoms with Gasteiger partial charge in [-0.3, -0.25) is 14.2 Å². The molecule has 1 aliphatic carbocycles. The molecule has 1 fully saturated rings. The summed E-state index contributed by atoms with van der Waals surface area (Å²) < 4.78 is 24.6. The van der Waals surface area contributed by atoms with Crippen molar-refractivity contribution in [2.24, 2.45) is 0 Å². The van der Waals surface area contributed by atoms with Crippen LogP contribution in [0.3, 0.4) is 0 Å². The van der Waals surface area contributed by atoms with E-state index < -0.39 is 22.5 Å². The van der Waals surface area contributed by atoms with Gasteiger partial charge in [-0.2, -0.15) is 5.10 Å². The predicted molar refractivity (Wildman–Crippen MR) is 138 cm³/mol. The molecule has 3 heterocycles. The fraction of sp³-hybridized carbons (Fsp3) is 0.222. The molecule has 0 spiro atoms. The van der Waals surface area contributed by atoms with Gasteiger partial charge in [-0.25, -0.2) is 9.49 Å². The van der Waals surface area contributed by atoms with E-state index in [1.54, 1.807) is 43.5 Å². The van der Waals surface area contributed by atoms with Gasteiger partial charge in [-0.15, -0.1) is 0 Å². The number of nitrogens with zero attached hydrogens (tertiary/aromatic N) is 3. The normalized spacial score (nSPS) is 19.3. The number of para-hydroxylation sites is 1. The van der Waals surface area contributed by atoms with Gasteiger partial charge in [-0.05, 0) is 55.5 Å². The maximum absolute atomic E-state index is 16.3. The number of aromatic amines is 1. The Morgan fingerprint density at radius 3 is 2.51 bits per heavy atom. The van der Waals surface area contributed by atoms with Gasteiger partial charge in [0.25, 0.3) is 11.1 Å². The van der Waals surface area contributed by atoms with Crippen LogP contribution in [-0.2, 0) is 0 Å². The minimum atomic E-state index is -0.836. The first-order chi connectivity index (χ1) is 17.7. The number of nitrogens with two attached hydrogens (primary N) is 1. The molecule has 1 saturated carbocycles. The van der Waals surface area contributed by atoms with Crippen molar-refractivity contribution in [2.75, 3.05) is 12.8 Å². The molecule has 0 unspecified atom stereocenters. The van der Waals surface area contributed by atoms with Gasteiger partial charge in [0.05, 0.1) is 35.4 Å². The van der Waals surface area contributed by atoms with E-state index in [0.29, 0.717) is 40.6 Å². The lowest BCUT2D eigenvalue weighted by Crippen LogP contribution is -2.39. The molecule has 2 aromatic carbocycles. The lowest BCUT2D eigenvalue weighted by molar-refractivity contribution is -0.0310. The highest BCUT2D eigenvalue weighted by atomic mass is 19.1. The highest BCUT2D eigenvalue weighted by Gasteiger charge is 2.41. The van der Waals surface area contributed by atoms with E-state index in [-0.39, 0.29) is 28.3 Å². The van der Waals surface area contributed by atoms with E-state index >= 15 is 4.39 Å². The summed E-state index contributed by atoms with van der Waals surface area (Å²) in [7, 11) is 1.46. The van der Waals surface area contributed by atoms with Crippen LogP contribution in [0, 0.1) is 5.82 Å². The van der Waals surface area contributed by atoms with Crippen LogP contribution in [0.15, 0.2) is 64.4 Å². The Balaban J connectivity index is 1.65. The SMILES string of the molecule is COc1cn(-c2ccccc2)c(=O)c2c(F)c(-n3cc(C4CC(C)(O)C4)c4c(=O)[nH]nc(N)c43)ccc12.